The molecule has 0 saturated carbocycles. The van der Waals surface area contributed by atoms with Crippen LogP contribution in [0.15, 0.2) is 48.5 Å². The van der Waals surface area contributed by atoms with Crippen LogP contribution in [0, 0.1) is 6.92 Å². The minimum atomic E-state index is -0.0313. The van der Waals surface area contributed by atoms with Crippen LogP contribution in [-0.2, 0) is 6.42 Å². The predicted octanol–water partition coefficient (Wildman–Crippen LogP) is 3.33. The van der Waals surface area contributed by atoms with Crippen molar-refractivity contribution in [3.05, 3.63) is 70.8 Å². The normalized spacial score (nSPS) is 19.6. The molecule has 0 saturated heterocycles. The van der Waals surface area contributed by atoms with Crippen LogP contribution in [0.25, 0.3) is 0 Å². The molecule has 0 unspecified atom stereocenters. The van der Waals surface area contributed by atoms with Gasteiger partial charge in [-0.2, -0.15) is 5.06 Å². The van der Waals surface area contributed by atoms with Crippen molar-refractivity contribution in [1.82, 2.24) is 5.06 Å². The molecule has 0 aromatic heterocycles. The fraction of sp³-hybridized carbons (Fsp3) is 0.250. The van der Waals surface area contributed by atoms with Crippen LogP contribution in [0.2, 0.25) is 0 Å². The maximum absolute atomic E-state index is 10.2. The minimum absolute atomic E-state index is 0.0313. The van der Waals surface area contributed by atoms with Crippen LogP contribution in [0.4, 0.5) is 0 Å². The summed E-state index contributed by atoms with van der Waals surface area (Å²) in [4.78, 5) is 0. The molecule has 2 heteroatoms. The third-order valence-electron chi connectivity index (χ3n) is 3.74. The number of hydrogen-bond donors (Lipinski definition) is 1. The summed E-state index contributed by atoms with van der Waals surface area (Å²) in [5.41, 5.74) is 4.97. The van der Waals surface area contributed by atoms with Gasteiger partial charge in [-0.05, 0) is 35.6 Å². The third-order valence-corrected chi connectivity index (χ3v) is 3.74. The topological polar surface area (TPSA) is 23.5 Å². The number of hydrogen-bond acceptors (Lipinski definition) is 2. The Bertz CT molecular complexity index is 565. The lowest BCUT2D eigenvalue weighted by Crippen LogP contribution is -2.33. The number of hydroxylamine groups is 2. The summed E-state index contributed by atoms with van der Waals surface area (Å²) in [5.74, 6) is 0. The van der Waals surface area contributed by atoms with E-state index in [1.165, 1.54) is 27.3 Å². The van der Waals surface area contributed by atoms with Gasteiger partial charge in [-0.25, -0.2) is 0 Å². The SMILES string of the molecule is Cc1ccccc1[C@H]1c2ccccc2CCN1O. The van der Waals surface area contributed by atoms with E-state index in [0.717, 1.165) is 6.42 Å². The minimum Gasteiger partial charge on any atom is -0.313 e. The van der Waals surface area contributed by atoms with Crippen LogP contribution in [0.5, 0.6) is 0 Å². The molecule has 1 aliphatic heterocycles. The smallest absolute Gasteiger partial charge is 0.0855 e. The van der Waals surface area contributed by atoms with Gasteiger partial charge < -0.3 is 5.21 Å². The Kier molecular flexibility index (Phi) is 2.90. The van der Waals surface area contributed by atoms with E-state index in [1.54, 1.807) is 0 Å². The van der Waals surface area contributed by atoms with Gasteiger partial charge in [0.1, 0.15) is 0 Å². The van der Waals surface area contributed by atoms with E-state index in [-0.39, 0.29) is 6.04 Å². The lowest BCUT2D eigenvalue weighted by atomic mass is 9.88. The summed E-state index contributed by atoms with van der Waals surface area (Å²) < 4.78 is 0. The molecule has 2 nitrogen and oxygen atoms in total. The zero-order valence-electron chi connectivity index (χ0n) is 10.5. The fourth-order valence-corrected chi connectivity index (χ4v) is 2.77. The fourth-order valence-electron chi connectivity index (χ4n) is 2.77. The number of fused-ring (bicyclic) bond motifs is 1. The van der Waals surface area contributed by atoms with Crippen LogP contribution < -0.4 is 0 Å². The van der Waals surface area contributed by atoms with E-state index in [4.69, 9.17) is 0 Å². The van der Waals surface area contributed by atoms with Gasteiger partial charge in [0.25, 0.3) is 0 Å². The van der Waals surface area contributed by atoms with Crippen molar-refractivity contribution in [2.45, 2.75) is 19.4 Å². The molecule has 92 valence electrons. The molecule has 1 atom stereocenters. The molecule has 1 N–H and O–H groups in total. The highest BCUT2D eigenvalue weighted by Crippen LogP contribution is 2.35. The van der Waals surface area contributed by atoms with Crippen LogP contribution in [-0.4, -0.2) is 16.8 Å². The van der Waals surface area contributed by atoms with Crippen molar-refractivity contribution in [3.8, 4) is 0 Å². The first kappa shape index (κ1) is 11.5. The quantitative estimate of drug-likeness (QED) is 0.825. The second kappa shape index (κ2) is 4.56. The molecule has 0 amide bonds. The number of benzene rings is 2. The Balaban J connectivity index is 2.14. The molecule has 2 aromatic carbocycles. The van der Waals surface area contributed by atoms with Gasteiger partial charge >= 0.3 is 0 Å². The van der Waals surface area contributed by atoms with E-state index in [9.17, 15) is 5.21 Å². The second-order valence-electron chi connectivity index (χ2n) is 4.87. The van der Waals surface area contributed by atoms with E-state index in [2.05, 4.69) is 37.3 Å². The molecular formula is C16H17NO. The highest BCUT2D eigenvalue weighted by Gasteiger charge is 2.28. The van der Waals surface area contributed by atoms with Gasteiger partial charge in [-0.1, -0.05) is 48.5 Å². The van der Waals surface area contributed by atoms with Crippen molar-refractivity contribution in [1.29, 1.82) is 0 Å². The van der Waals surface area contributed by atoms with Crippen molar-refractivity contribution in [2.24, 2.45) is 0 Å². The van der Waals surface area contributed by atoms with Gasteiger partial charge in [-0.15, -0.1) is 0 Å². The van der Waals surface area contributed by atoms with Gasteiger partial charge in [0.05, 0.1) is 6.04 Å². The first-order valence-electron chi connectivity index (χ1n) is 6.36. The van der Waals surface area contributed by atoms with Crippen LogP contribution in [0.1, 0.15) is 28.3 Å². The van der Waals surface area contributed by atoms with Gasteiger partial charge in [0, 0.05) is 6.54 Å². The molecule has 0 radical (unpaired) electrons. The summed E-state index contributed by atoms with van der Waals surface area (Å²) >= 11 is 0. The summed E-state index contributed by atoms with van der Waals surface area (Å²) in [5, 5.41) is 11.7. The largest absolute Gasteiger partial charge is 0.313 e. The Morgan fingerprint density at radius 1 is 1.00 bits per heavy atom. The maximum atomic E-state index is 10.2. The van der Waals surface area contributed by atoms with E-state index < -0.39 is 0 Å². The maximum Gasteiger partial charge on any atom is 0.0855 e. The summed E-state index contributed by atoms with van der Waals surface area (Å²) in [6.07, 6.45) is 0.912. The zero-order valence-corrected chi connectivity index (χ0v) is 10.5. The number of aryl methyl sites for hydroxylation is 1. The summed E-state index contributed by atoms with van der Waals surface area (Å²) in [6, 6.07) is 16.6. The second-order valence-corrected chi connectivity index (χ2v) is 4.87. The monoisotopic (exact) mass is 239 g/mol. The molecule has 18 heavy (non-hydrogen) atoms. The molecule has 0 bridgehead atoms. The molecule has 1 heterocycles. The Hall–Kier alpha value is -1.64. The van der Waals surface area contributed by atoms with Gasteiger partial charge in [0.2, 0.25) is 0 Å². The Labute approximate surface area is 107 Å². The van der Waals surface area contributed by atoms with Crippen molar-refractivity contribution < 1.29 is 5.21 Å². The standard InChI is InChI=1S/C16H17NO/c1-12-6-2-4-8-14(12)16-15-9-5-3-7-13(15)10-11-17(16)18/h2-9,16,18H,10-11H2,1H3/t16-/m0/s1. The van der Waals surface area contributed by atoms with E-state index in [1.807, 2.05) is 18.2 Å². The zero-order chi connectivity index (χ0) is 12.5. The Morgan fingerprint density at radius 3 is 2.44 bits per heavy atom. The Morgan fingerprint density at radius 2 is 1.67 bits per heavy atom. The average Bonchev–Trinajstić information content (AvgIpc) is 2.40. The molecule has 0 fully saturated rings. The average molecular weight is 239 g/mol. The number of nitrogens with zero attached hydrogens (tertiary/aromatic N) is 1. The molecule has 0 aliphatic carbocycles. The lowest BCUT2D eigenvalue weighted by Gasteiger charge is -2.33. The molecule has 2 aromatic rings. The first-order chi connectivity index (χ1) is 8.77. The van der Waals surface area contributed by atoms with Crippen LogP contribution >= 0.6 is 0 Å². The van der Waals surface area contributed by atoms with Gasteiger partial charge in [0.15, 0.2) is 0 Å². The summed E-state index contributed by atoms with van der Waals surface area (Å²) in [7, 11) is 0. The molecule has 0 spiro atoms. The van der Waals surface area contributed by atoms with Crippen molar-refractivity contribution in [2.75, 3.05) is 6.54 Å². The van der Waals surface area contributed by atoms with Crippen molar-refractivity contribution in [3.63, 3.8) is 0 Å². The van der Waals surface area contributed by atoms with Gasteiger partial charge in [-0.3, -0.25) is 0 Å². The summed E-state index contributed by atoms with van der Waals surface area (Å²) in [6.45, 7) is 2.79. The molecule has 3 rings (SSSR count). The number of rotatable bonds is 1. The van der Waals surface area contributed by atoms with Crippen LogP contribution in [0.3, 0.4) is 0 Å². The van der Waals surface area contributed by atoms with E-state index in [0.29, 0.717) is 6.54 Å². The highest BCUT2D eigenvalue weighted by molar-refractivity contribution is 5.41. The molecular weight excluding hydrogens is 222 g/mol. The predicted molar refractivity (Wildman–Crippen MR) is 71.7 cm³/mol. The lowest BCUT2D eigenvalue weighted by molar-refractivity contribution is -0.121. The first-order valence-corrected chi connectivity index (χ1v) is 6.36. The highest BCUT2D eigenvalue weighted by atomic mass is 16.5. The third kappa shape index (κ3) is 1.84. The van der Waals surface area contributed by atoms with E-state index >= 15 is 0 Å². The molecule has 1 aliphatic rings. The van der Waals surface area contributed by atoms with Crippen molar-refractivity contribution >= 4 is 0 Å².